The summed E-state index contributed by atoms with van der Waals surface area (Å²) in [6, 6.07) is 3.48. The summed E-state index contributed by atoms with van der Waals surface area (Å²) in [6.07, 6.45) is 8.50. The van der Waals surface area contributed by atoms with Gasteiger partial charge in [-0.05, 0) is 44.5 Å². The second-order valence-corrected chi connectivity index (χ2v) is 11.3. The maximum Gasteiger partial charge on any atom is 0.239 e. The summed E-state index contributed by atoms with van der Waals surface area (Å²) >= 11 is 0. The van der Waals surface area contributed by atoms with Gasteiger partial charge in [-0.25, -0.2) is 33.0 Å². The summed E-state index contributed by atoms with van der Waals surface area (Å²) in [6.45, 7) is 1.69. The van der Waals surface area contributed by atoms with Crippen molar-refractivity contribution in [3.8, 4) is 5.69 Å². The number of aromatic nitrogens is 7. The van der Waals surface area contributed by atoms with E-state index in [0.29, 0.717) is 34.8 Å². The lowest BCUT2D eigenvalue weighted by Crippen LogP contribution is -2.31. The summed E-state index contributed by atoms with van der Waals surface area (Å²) in [4.78, 5) is 35.5. The minimum atomic E-state index is -3.80. The molecule has 5 N–H and O–H groups in total. The Balaban J connectivity index is 1.23. The van der Waals surface area contributed by atoms with Gasteiger partial charge in [-0.1, -0.05) is 0 Å². The highest BCUT2D eigenvalue weighted by Gasteiger charge is 2.17. The molecule has 4 aromatic heterocycles. The van der Waals surface area contributed by atoms with Crippen LogP contribution in [0.1, 0.15) is 19.3 Å². The van der Waals surface area contributed by atoms with E-state index in [1.165, 1.54) is 12.4 Å². The number of aliphatic hydroxyl groups is 2. The van der Waals surface area contributed by atoms with Crippen molar-refractivity contribution in [2.45, 2.75) is 25.4 Å². The normalized spacial score (nSPS) is 14.7. The molecule has 16 nitrogen and oxygen atoms in total. The largest absolute Gasteiger partial charge is 0.394 e. The highest BCUT2D eigenvalue weighted by Crippen LogP contribution is 2.20. The predicted molar refractivity (Wildman–Crippen MR) is 149 cm³/mol. The van der Waals surface area contributed by atoms with Crippen molar-refractivity contribution in [3.63, 3.8) is 0 Å². The SMILES string of the molecule is O=C(CN1CCCC1)Nc1ccc(-n2ncc3cnc(Nc4cnc(NS(=O)(=O)CCC(O)CO)nc4)nc32)cn1. The van der Waals surface area contributed by atoms with Crippen LogP contribution in [0.2, 0.25) is 0 Å². The zero-order valence-corrected chi connectivity index (χ0v) is 22.7. The topological polar surface area (TPSA) is 213 Å². The van der Waals surface area contributed by atoms with Crippen molar-refractivity contribution in [2.24, 2.45) is 0 Å². The van der Waals surface area contributed by atoms with Crippen LogP contribution in [0.5, 0.6) is 0 Å². The molecule has 1 aliphatic rings. The predicted octanol–water partition coefficient (Wildman–Crippen LogP) is 0.263. The van der Waals surface area contributed by atoms with Crippen LogP contribution in [0.4, 0.5) is 23.4 Å². The molecular formula is C24H29N11O5S. The molecule has 41 heavy (non-hydrogen) atoms. The molecule has 4 aromatic rings. The van der Waals surface area contributed by atoms with Gasteiger partial charge in [-0.3, -0.25) is 14.4 Å². The van der Waals surface area contributed by atoms with Crippen LogP contribution < -0.4 is 15.4 Å². The molecule has 0 radical (unpaired) electrons. The molecule has 0 aromatic carbocycles. The van der Waals surface area contributed by atoms with Gasteiger partial charge < -0.3 is 20.8 Å². The monoisotopic (exact) mass is 583 g/mol. The molecule has 0 aliphatic carbocycles. The standard InChI is InChI=1S/C24H29N11O5S/c36-15-19(37)5-8-41(39,40)33-23-27-11-17(12-28-23)30-24-26-9-16-10-29-35(22(16)32-24)18-3-4-20(25-13-18)31-21(38)14-34-6-1-2-7-34/h3-4,9-13,19,36-37H,1-2,5-8,14-15H2,(H,25,31,38)(H,26,30,32)(H,27,28,33). The number of likely N-dealkylation sites (tertiary alicyclic amines) is 1. The molecule has 1 saturated heterocycles. The molecule has 5 rings (SSSR count). The minimum Gasteiger partial charge on any atom is -0.394 e. The van der Waals surface area contributed by atoms with Crippen molar-refractivity contribution in [3.05, 3.63) is 43.1 Å². The minimum absolute atomic E-state index is 0.104. The van der Waals surface area contributed by atoms with Crippen molar-refractivity contribution < 1.29 is 23.4 Å². The summed E-state index contributed by atoms with van der Waals surface area (Å²) in [7, 11) is -3.80. The lowest BCUT2D eigenvalue weighted by atomic mass is 10.3. The third kappa shape index (κ3) is 7.46. The van der Waals surface area contributed by atoms with E-state index in [0.717, 1.165) is 25.9 Å². The smallest absolute Gasteiger partial charge is 0.239 e. The van der Waals surface area contributed by atoms with E-state index in [4.69, 9.17) is 5.11 Å². The van der Waals surface area contributed by atoms with Gasteiger partial charge in [0, 0.05) is 6.20 Å². The Morgan fingerprint density at radius 3 is 2.46 bits per heavy atom. The van der Waals surface area contributed by atoms with E-state index in [2.05, 4.69) is 50.3 Å². The van der Waals surface area contributed by atoms with Crippen molar-refractivity contribution in [2.75, 3.05) is 47.3 Å². The number of anilines is 4. The Bertz CT molecular complexity index is 1590. The number of hydrogen-bond acceptors (Lipinski definition) is 13. The number of pyridine rings is 1. The third-order valence-electron chi connectivity index (χ3n) is 6.22. The van der Waals surface area contributed by atoms with Crippen LogP contribution in [0.25, 0.3) is 16.7 Å². The van der Waals surface area contributed by atoms with Gasteiger partial charge in [0.05, 0.1) is 66.6 Å². The first-order valence-corrected chi connectivity index (χ1v) is 14.5. The number of nitrogens with zero attached hydrogens (tertiary/aromatic N) is 8. The Hall–Kier alpha value is -4.32. The maximum absolute atomic E-state index is 12.3. The number of sulfonamides is 1. The highest BCUT2D eigenvalue weighted by atomic mass is 32.2. The summed E-state index contributed by atoms with van der Waals surface area (Å²) < 4.78 is 28.1. The van der Waals surface area contributed by atoms with Gasteiger partial charge in [-0.15, -0.1) is 0 Å². The molecule has 0 bridgehead atoms. The average molecular weight is 584 g/mol. The van der Waals surface area contributed by atoms with Crippen LogP contribution in [-0.2, 0) is 14.8 Å². The van der Waals surface area contributed by atoms with Crippen molar-refractivity contribution in [1.29, 1.82) is 0 Å². The number of fused-ring (bicyclic) bond motifs is 1. The number of rotatable bonds is 12. The number of carbonyl (C=O) groups is 1. The van der Waals surface area contributed by atoms with Crippen LogP contribution in [0, 0.1) is 0 Å². The molecular weight excluding hydrogens is 554 g/mol. The summed E-state index contributed by atoms with van der Waals surface area (Å²) in [5.74, 6) is 0.0255. The molecule has 0 spiro atoms. The lowest BCUT2D eigenvalue weighted by Gasteiger charge is -2.13. The zero-order valence-electron chi connectivity index (χ0n) is 21.9. The number of nitrogens with one attached hydrogen (secondary N) is 3. The van der Waals surface area contributed by atoms with E-state index in [9.17, 15) is 18.3 Å². The quantitative estimate of drug-likeness (QED) is 0.152. The van der Waals surface area contributed by atoms with Gasteiger partial charge in [0.25, 0.3) is 0 Å². The first-order chi connectivity index (χ1) is 19.8. The molecule has 5 heterocycles. The van der Waals surface area contributed by atoms with E-state index < -0.39 is 28.5 Å². The number of carbonyl (C=O) groups excluding carboxylic acids is 1. The Morgan fingerprint density at radius 1 is 1.00 bits per heavy atom. The number of hydrogen-bond donors (Lipinski definition) is 5. The molecule has 216 valence electrons. The second-order valence-electron chi connectivity index (χ2n) is 9.43. The molecule has 17 heteroatoms. The van der Waals surface area contributed by atoms with E-state index in [-0.39, 0.29) is 24.2 Å². The van der Waals surface area contributed by atoms with Gasteiger partial charge in [0.1, 0.15) is 5.82 Å². The summed E-state index contributed by atoms with van der Waals surface area (Å²) in [5, 5.41) is 29.1. The second kappa shape index (κ2) is 12.5. The van der Waals surface area contributed by atoms with Crippen LogP contribution >= 0.6 is 0 Å². The van der Waals surface area contributed by atoms with Gasteiger partial charge in [0.15, 0.2) is 5.65 Å². The molecule has 1 fully saturated rings. The highest BCUT2D eigenvalue weighted by molar-refractivity contribution is 7.92. The van der Waals surface area contributed by atoms with Gasteiger partial charge in [-0.2, -0.15) is 10.1 Å². The van der Waals surface area contributed by atoms with Crippen LogP contribution in [0.15, 0.2) is 43.1 Å². The van der Waals surface area contributed by atoms with Gasteiger partial charge in [0.2, 0.25) is 27.8 Å². The first kappa shape index (κ1) is 28.2. The summed E-state index contributed by atoms with van der Waals surface area (Å²) in [5.41, 5.74) is 1.55. The first-order valence-electron chi connectivity index (χ1n) is 12.9. The van der Waals surface area contributed by atoms with E-state index >= 15 is 0 Å². The maximum atomic E-state index is 12.3. The fraction of sp³-hybridized carbons (Fsp3) is 0.375. The average Bonchev–Trinajstić information content (AvgIpc) is 3.63. The van der Waals surface area contributed by atoms with Crippen molar-refractivity contribution in [1.82, 2.24) is 39.6 Å². The zero-order chi connectivity index (χ0) is 28.8. The van der Waals surface area contributed by atoms with Crippen molar-refractivity contribution >= 4 is 50.4 Å². The molecule has 1 unspecified atom stereocenters. The number of aliphatic hydroxyl groups excluding tert-OH is 2. The van der Waals surface area contributed by atoms with Gasteiger partial charge >= 0.3 is 0 Å². The Kier molecular flexibility index (Phi) is 8.58. The Morgan fingerprint density at radius 2 is 1.76 bits per heavy atom. The fourth-order valence-electron chi connectivity index (χ4n) is 4.13. The van der Waals surface area contributed by atoms with E-state index in [1.807, 2.05) is 0 Å². The van der Waals surface area contributed by atoms with Crippen LogP contribution in [-0.4, -0.2) is 102 Å². The fourth-order valence-corrected chi connectivity index (χ4v) is 5.19. The molecule has 0 saturated carbocycles. The van der Waals surface area contributed by atoms with Crippen LogP contribution in [0.3, 0.4) is 0 Å². The third-order valence-corrected chi connectivity index (χ3v) is 7.49. The molecule has 1 atom stereocenters. The lowest BCUT2D eigenvalue weighted by molar-refractivity contribution is -0.117. The number of amides is 1. The molecule has 1 aliphatic heterocycles. The molecule has 1 amide bonds. The van der Waals surface area contributed by atoms with E-state index in [1.54, 1.807) is 35.4 Å². The Labute approximate surface area is 234 Å².